The number of fused-ring (bicyclic) bond motifs is 5. The molecule has 45 heavy (non-hydrogen) atoms. The Balaban J connectivity index is 1.20. The Hall–Kier alpha value is -2.78. The highest BCUT2D eigenvalue weighted by Gasteiger charge is 2.52. The van der Waals surface area contributed by atoms with Crippen molar-refractivity contribution in [2.45, 2.75) is 50.1 Å². The van der Waals surface area contributed by atoms with Gasteiger partial charge in [0.05, 0.1) is 43.2 Å². The fourth-order valence-electron chi connectivity index (χ4n) is 5.62. The summed E-state index contributed by atoms with van der Waals surface area (Å²) in [6, 6.07) is 0. The van der Waals surface area contributed by atoms with E-state index in [0.29, 0.717) is 15.9 Å². The summed E-state index contributed by atoms with van der Waals surface area (Å²) < 4.78 is 65.8. The Kier molecular flexibility index (Phi) is 7.87. The first-order valence-electron chi connectivity index (χ1n) is 13.5. The van der Waals surface area contributed by atoms with Gasteiger partial charge in [-0.05, 0) is 18.5 Å². The lowest BCUT2D eigenvalue weighted by Gasteiger charge is -2.26. The van der Waals surface area contributed by atoms with Gasteiger partial charge in [0.1, 0.15) is 41.5 Å². The molecule has 23 heteroatoms. The summed E-state index contributed by atoms with van der Waals surface area (Å²) in [5, 5.41) is 10.3. The van der Waals surface area contributed by atoms with Crippen LogP contribution in [0.25, 0.3) is 22.2 Å². The molecule has 6 N–H and O–H groups in total. The lowest BCUT2D eigenvalue weighted by molar-refractivity contribution is -0.0623. The molecule has 0 saturated carbocycles. The minimum atomic E-state index is -4.94. The maximum Gasteiger partial charge on any atom is 0.472 e. The monoisotopic (exact) mass is 688 g/mol. The molecule has 0 amide bonds. The first-order valence-corrected chi connectivity index (χ1v) is 17.2. The fraction of sp³-hybridized carbons (Fsp3) is 0.545. The van der Waals surface area contributed by atoms with Crippen LogP contribution in [0.4, 0.5) is 5.82 Å². The summed E-state index contributed by atoms with van der Waals surface area (Å²) >= 11 is 1.04. The molecule has 7 heterocycles. The maximum absolute atomic E-state index is 13.3. The number of anilines is 1. The van der Waals surface area contributed by atoms with Crippen LogP contribution in [0.3, 0.4) is 0 Å². The molecule has 2 bridgehead atoms. The number of H-pyrrole nitrogens is 1. The van der Waals surface area contributed by atoms with Crippen molar-refractivity contribution in [2.24, 2.45) is 5.92 Å². The van der Waals surface area contributed by atoms with Crippen molar-refractivity contribution in [3.8, 4) is 0 Å². The van der Waals surface area contributed by atoms with Gasteiger partial charge in [-0.25, -0.2) is 29.1 Å². The third-order valence-corrected chi connectivity index (χ3v) is 10.6. The second-order valence-electron chi connectivity index (χ2n) is 10.5. The average Bonchev–Trinajstić information content (AvgIpc) is 3.74. The number of aliphatic hydroxyl groups excluding tert-OH is 1. The van der Waals surface area contributed by atoms with Crippen LogP contribution < -0.4 is 11.3 Å². The van der Waals surface area contributed by atoms with E-state index in [1.54, 1.807) is 6.92 Å². The summed E-state index contributed by atoms with van der Waals surface area (Å²) in [6.45, 7) is -0.314. The van der Waals surface area contributed by atoms with Crippen LogP contribution in [-0.4, -0.2) is 93.0 Å². The van der Waals surface area contributed by atoms with Gasteiger partial charge in [0.25, 0.3) is 5.56 Å². The molecule has 0 spiro atoms. The van der Waals surface area contributed by atoms with Crippen molar-refractivity contribution >= 4 is 55.2 Å². The number of aliphatic hydroxyl groups is 1. The number of aryl methyl sites for hydroxylation is 1. The maximum atomic E-state index is 13.3. The zero-order chi connectivity index (χ0) is 31.7. The number of ether oxygens (including phenoxy) is 2. The van der Waals surface area contributed by atoms with Gasteiger partial charge in [-0.3, -0.25) is 27.5 Å². The SMILES string of the molecule is Cc1nc2c(ncn2[C@@H]2O[C@@H]3COP(=O)(O)O[C@H]4C[C@H](c5snc6c(N)ncnc56)O[C@@H]4COP(=O)(O)O[C@@H]2[C@@H]3CO)c(=O)[nH]1. The van der Waals surface area contributed by atoms with Crippen LogP contribution in [0, 0.1) is 12.8 Å². The molecule has 3 saturated heterocycles. The fourth-order valence-corrected chi connectivity index (χ4v) is 8.42. The van der Waals surface area contributed by atoms with Crippen molar-refractivity contribution in [1.82, 2.24) is 33.9 Å². The number of nitrogen functional groups attached to an aromatic ring is 1. The smallest absolute Gasteiger partial charge is 0.396 e. The molecule has 0 aliphatic carbocycles. The quantitative estimate of drug-likeness (QED) is 0.183. The lowest BCUT2D eigenvalue weighted by Crippen LogP contribution is -2.33. The van der Waals surface area contributed by atoms with E-state index in [-0.39, 0.29) is 29.2 Å². The minimum Gasteiger partial charge on any atom is -0.396 e. The molecule has 7 rings (SSSR count). The molecule has 9 atom stereocenters. The number of phosphoric ester groups is 2. The number of imidazole rings is 1. The number of rotatable bonds is 3. The second kappa shape index (κ2) is 11.5. The zero-order valence-corrected chi connectivity index (χ0v) is 25.7. The number of aromatic amines is 1. The molecule has 0 radical (unpaired) electrons. The number of hydrogen-bond donors (Lipinski definition) is 5. The van der Waals surface area contributed by atoms with Gasteiger partial charge in [-0.15, -0.1) is 0 Å². The standard InChI is InChI=1S/C22H26N8O12P2S/c1-8-27-20-16(21(32)28-8)26-7-30(20)22-17-9(3-31)12(40-22)4-37-43(33,34)41-10-2-11(39-13(10)5-38-44(35,36)42-17)18-14-15(29-45-18)19(23)25-6-24-14/h6-7,9-13,17,22,31H,2-5H2,1H3,(H,33,34)(H,35,36)(H2,23,24,25)(H,27,28,32)/t9-,10+,11-,12-,13-,17-,22-/m1/s1. The minimum absolute atomic E-state index is 0.00285. The highest BCUT2D eigenvalue weighted by Crippen LogP contribution is 2.55. The number of nitrogens with zero attached hydrogens (tertiary/aromatic N) is 6. The van der Waals surface area contributed by atoms with Crippen LogP contribution in [0.5, 0.6) is 0 Å². The first kappa shape index (κ1) is 30.9. The largest absolute Gasteiger partial charge is 0.472 e. The third-order valence-electron chi connectivity index (χ3n) is 7.67. The van der Waals surface area contributed by atoms with Gasteiger partial charge in [0.15, 0.2) is 23.2 Å². The summed E-state index contributed by atoms with van der Waals surface area (Å²) in [7, 11) is -9.76. The average molecular weight is 689 g/mol. The number of hydrogen-bond acceptors (Lipinski definition) is 17. The molecular formula is C22H26N8O12P2S. The normalized spacial score (nSPS) is 36.0. The number of phosphoric acid groups is 2. The Morgan fingerprint density at radius 3 is 2.58 bits per heavy atom. The van der Waals surface area contributed by atoms with Crippen molar-refractivity contribution < 1.29 is 51.6 Å². The molecule has 0 aromatic carbocycles. The van der Waals surface area contributed by atoms with Crippen molar-refractivity contribution in [3.05, 3.63) is 33.7 Å². The number of nitrogens with one attached hydrogen (secondary N) is 1. The van der Waals surface area contributed by atoms with E-state index in [9.17, 15) is 28.8 Å². The summed E-state index contributed by atoms with van der Waals surface area (Å²) in [6.07, 6.45) is -4.43. The molecule has 4 aromatic heterocycles. The van der Waals surface area contributed by atoms with Gasteiger partial charge in [-0.2, -0.15) is 4.37 Å². The second-order valence-corrected chi connectivity index (χ2v) is 14.1. The van der Waals surface area contributed by atoms with E-state index in [4.69, 9.17) is 33.3 Å². The van der Waals surface area contributed by atoms with E-state index < -0.39 is 83.7 Å². The summed E-state index contributed by atoms with van der Waals surface area (Å²) in [4.78, 5) is 53.5. The highest BCUT2D eigenvalue weighted by molar-refractivity contribution is 7.47. The molecular weight excluding hydrogens is 662 g/mol. The van der Waals surface area contributed by atoms with Gasteiger partial charge < -0.3 is 35.1 Å². The summed E-state index contributed by atoms with van der Waals surface area (Å²) in [5.41, 5.74) is 6.15. The molecule has 3 aliphatic heterocycles. The van der Waals surface area contributed by atoms with Crippen LogP contribution in [-0.2, 0) is 36.7 Å². The molecule has 3 fully saturated rings. The van der Waals surface area contributed by atoms with E-state index in [2.05, 4.69) is 29.3 Å². The predicted molar refractivity (Wildman–Crippen MR) is 151 cm³/mol. The van der Waals surface area contributed by atoms with Crippen molar-refractivity contribution in [1.29, 1.82) is 0 Å². The van der Waals surface area contributed by atoms with Crippen LogP contribution in [0.1, 0.15) is 29.5 Å². The van der Waals surface area contributed by atoms with E-state index in [0.717, 1.165) is 11.5 Å². The van der Waals surface area contributed by atoms with Gasteiger partial charge in [0, 0.05) is 12.3 Å². The van der Waals surface area contributed by atoms with Crippen molar-refractivity contribution in [2.75, 3.05) is 25.6 Å². The molecule has 20 nitrogen and oxygen atoms in total. The van der Waals surface area contributed by atoms with Gasteiger partial charge >= 0.3 is 15.6 Å². The first-order chi connectivity index (χ1) is 21.4. The number of nitrogens with two attached hydrogens (primary N) is 1. The Morgan fingerprint density at radius 2 is 1.80 bits per heavy atom. The van der Waals surface area contributed by atoms with Crippen LogP contribution in [0.2, 0.25) is 0 Å². The Morgan fingerprint density at radius 1 is 1.04 bits per heavy atom. The predicted octanol–water partition coefficient (Wildman–Crippen LogP) is 0.464. The number of aromatic nitrogens is 7. The van der Waals surface area contributed by atoms with Gasteiger partial charge in [-0.1, -0.05) is 0 Å². The molecule has 2 unspecified atom stereocenters. The van der Waals surface area contributed by atoms with Crippen molar-refractivity contribution in [3.63, 3.8) is 0 Å². The van der Waals surface area contributed by atoms with E-state index in [1.165, 1.54) is 17.2 Å². The van der Waals surface area contributed by atoms with E-state index in [1.807, 2.05) is 0 Å². The van der Waals surface area contributed by atoms with Crippen LogP contribution in [0.15, 0.2) is 17.4 Å². The van der Waals surface area contributed by atoms with Gasteiger partial charge in [0.2, 0.25) is 0 Å². The van der Waals surface area contributed by atoms with Crippen LogP contribution >= 0.6 is 27.2 Å². The lowest BCUT2D eigenvalue weighted by atomic mass is 9.99. The zero-order valence-electron chi connectivity index (χ0n) is 23.1. The Bertz CT molecular complexity index is 1920. The highest BCUT2D eigenvalue weighted by atomic mass is 32.1. The van der Waals surface area contributed by atoms with E-state index >= 15 is 0 Å². The molecule has 242 valence electrons. The molecule has 3 aliphatic rings. The Labute approximate surface area is 255 Å². The molecule has 4 aromatic rings. The third kappa shape index (κ3) is 5.73. The topological polar surface area (TPSA) is 278 Å². The summed E-state index contributed by atoms with van der Waals surface area (Å²) in [5.74, 6) is -0.659.